The predicted molar refractivity (Wildman–Crippen MR) is 103 cm³/mol. The average molecular weight is 371 g/mol. The summed E-state index contributed by atoms with van der Waals surface area (Å²) in [4.78, 5) is 4.08. The van der Waals surface area contributed by atoms with Crippen molar-refractivity contribution in [2.24, 2.45) is 0 Å². The summed E-state index contributed by atoms with van der Waals surface area (Å²) < 4.78 is 4.19. The van der Waals surface area contributed by atoms with Crippen LogP contribution in [0.5, 0.6) is 0 Å². The van der Waals surface area contributed by atoms with Gasteiger partial charge in [0, 0.05) is 36.3 Å². The van der Waals surface area contributed by atoms with E-state index in [1.54, 1.807) is 6.20 Å². The molecule has 0 atom stereocenters. The van der Waals surface area contributed by atoms with Crippen molar-refractivity contribution in [2.75, 3.05) is 13.1 Å². The van der Waals surface area contributed by atoms with Gasteiger partial charge in [-0.1, -0.05) is 0 Å². The van der Waals surface area contributed by atoms with E-state index in [1.807, 2.05) is 28.3 Å². The Labute approximate surface area is 158 Å². The van der Waals surface area contributed by atoms with Crippen molar-refractivity contribution in [3.63, 3.8) is 0 Å². The van der Waals surface area contributed by atoms with Gasteiger partial charge in [0.2, 0.25) is 0 Å². The molecule has 0 saturated carbocycles. The fourth-order valence-corrected chi connectivity index (χ4v) is 4.72. The number of rotatable bonds is 6. The Morgan fingerprint density at radius 3 is 2.69 bits per heavy atom. The van der Waals surface area contributed by atoms with E-state index in [1.165, 1.54) is 10.4 Å². The summed E-state index contributed by atoms with van der Waals surface area (Å²) in [5.41, 5.74) is 1.42. The first-order valence-electron chi connectivity index (χ1n) is 9.39. The highest BCUT2D eigenvalue weighted by atomic mass is 32.1. The zero-order chi connectivity index (χ0) is 17.9. The molecule has 0 aliphatic carbocycles. The Hall–Kier alpha value is -1.99. The number of thiophene rings is 1. The van der Waals surface area contributed by atoms with E-state index in [-0.39, 0.29) is 0 Å². The molecule has 0 aromatic carbocycles. The van der Waals surface area contributed by atoms with Crippen LogP contribution >= 0.6 is 11.3 Å². The molecule has 6 nitrogen and oxygen atoms in total. The molecule has 4 rings (SSSR count). The first-order chi connectivity index (χ1) is 12.7. The minimum atomic E-state index is 0.509. The van der Waals surface area contributed by atoms with Crippen LogP contribution in [0.3, 0.4) is 0 Å². The number of piperidine rings is 1. The van der Waals surface area contributed by atoms with Gasteiger partial charge >= 0.3 is 0 Å². The summed E-state index contributed by atoms with van der Waals surface area (Å²) in [6, 6.07) is 4.16. The van der Waals surface area contributed by atoms with Crippen molar-refractivity contribution in [2.45, 2.75) is 52.2 Å². The number of aromatic nitrogens is 5. The van der Waals surface area contributed by atoms with Gasteiger partial charge in [-0.15, -0.1) is 21.5 Å². The van der Waals surface area contributed by atoms with Crippen LogP contribution in [0.2, 0.25) is 0 Å². The van der Waals surface area contributed by atoms with Crippen molar-refractivity contribution in [1.82, 2.24) is 29.4 Å². The largest absolute Gasteiger partial charge is 0.313 e. The lowest BCUT2D eigenvalue weighted by molar-refractivity contribution is 0.201. The zero-order valence-corrected chi connectivity index (χ0v) is 16.3. The second kappa shape index (κ2) is 7.72. The Kier molecular flexibility index (Phi) is 5.17. The summed E-state index contributed by atoms with van der Waals surface area (Å²) in [6.45, 7) is 9.33. The molecule has 7 heteroatoms. The van der Waals surface area contributed by atoms with Gasteiger partial charge in [-0.3, -0.25) is 9.58 Å². The number of aryl methyl sites for hydroxylation is 1. The molecule has 1 saturated heterocycles. The SMILES string of the molecule is CCn1c(Cn2cccn2)nnc1C1CCN(Cc2sccc2C)CC1. The van der Waals surface area contributed by atoms with Gasteiger partial charge in [0.15, 0.2) is 5.82 Å². The van der Waals surface area contributed by atoms with Crippen LogP contribution in [0.4, 0.5) is 0 Å². The standard InChI is InChI=1S/C19H26N6S/c1-3-25-18(14-24-9-4-8-20-24)21-22-19(25)16-5-10-23(11-6-16)13-17-15(2)7-12-26-17/h4,7-9,12,16H,3,5-6,10-11,13-14H2,1-2H3. The first-order valence-corrected chi connectivity index (χ1v) is 10.3. The fourth-order valence-electron chi connectivity index (χ4n) is 3.77. The van der Waals surface area contributed by atoms with E-state index in [4.69, 9.17) is 0 Å². The summed E-state index contributed by atoms with van der Waals surface area (Å²) >= 11 is 1.88. The highest BCUT2D eigenvalue weighted by molar-refractivity contribution is 7.10. The van der Waals surface area contributed by atoms with Crippen LogP contribution in [0, 0.1) is 6.92 Å². The number of hydrogen-bond acceptors (Lipinski definition) is 5. The van der Waals surface area contributed by atoms with Crippen molar-refractivity contribution in [3.8, 4) is 0 Å². The molecule has 26 heavy (non-hydrogen) atoms. The van der Waals surface area contributed by atoms with Gasteiger partial charge in [0.25, 0.3) is 0 Å². The molecule has 1 aliphatic heterocycles. The van der Waals surface area contributed by atoms with Crippen LogP contribution in [-0.4, -0.2) is 42.5 Å². The molecule has 1 fully saturated rings. The summed E-state index contributed by atoms with van der Waals surface area (Å²) in [5.74, 6) is 2.67. The van der Waals surface area contributed by atoms with Crippen LogP contribution in [0.1, 0.15) is 47.8 Å². The maximum absolute atomic E-state index is 4.56. The second-order valence-corrected chi connectivity index (χ2v) is 8.00. The van der Waals surface area contributed by atoms with Gasteiger partial charge in [0.1, 0.15) is 12.4 Å². The minimum Gasteiger partial charge on any atom is -0.313 e. The van der Waals surface area contributed by atoms with E-state index in [0.717, 1.165) is 50.7 Å². The molecular formula is C19H26N6S. The Bertz CT molecular complexity index is 826. The third-order valence-corrected chi connectivity index (χ3v) is 6.33. The van der Waals surface area contributed by atoms with Crippen LogP contribution in [-0.2, 0) is 19.6 Å². The van der Waals surface area contributed by atoms with Crippen LogP contribution in [0.25, 0.3) is 0 Å². The monoisotopic (exact) mass is 370 g/mol. The minimum absolute atomic E-state index is 0.509. The highest BCUT2D eigenvalue weighted by Gasteiger charge is 2.26. The van der Waals surface area contributed by atoms with Gasteiger partial charge in [-0.2, -0.15) is 5.10 Å². The lowest BCUT2D eigenvalue weighted by Crippen LogP contribution is -2.33. The maximum Gasteiger partial charge on any atom is 0.154 e. The van der Waals surface area contributed by atoms with Gasteiger partial charge in [0.05, 0.1) is 0 Å². The van der Waals surface area contributed by atoms with Crippen LogP contribution < -0.4 is 0 Å². The highest BCUT2D eigenvalue weighted by Crippen LogP contribution is 2.29. The number of hydrogen-bond donors (Lipinski definition) is 0. The summed E-state index contributed by atoms with van der Waals surface area (Å²) in [5, 5.41) is 15.5. The molecule has 4 heterocycles. The lowest BCUT2D eigenvalue weighted by atomic mass is 9.95. The molecular weight excluding hydrogens is 344 g/mol. The van der Waals surface area contributed by atoms with Gasteiger partial charge in [-0.25, -0.2) is 0 Å². The summed E-state index contributed by atoms with van der Waals surface area (Å²) in [6.07, 6.45) is 6.09. The third kappa shape index (κ3) is 3.59. The van der Waals surface area contributed by atoms with Crippen molar-refractivity contribution in [3.05, 3.63) is 52.0 Å². The van der Waals surface area contributed by atoms with Crippen molar-refractivity contribution >= 4 is 11.3 Å². The summed E-state index contributed by atoms with van der Waals surface area (Å²) in [7, 11) is 0. The smallest absolute Gasteiger partial charge is 0.154 e. The molecule has 0 spiro atoms. The molecule has 3 aromatic heterocycles. The molecule has 0 bridgehead atoms. The maximum atomic E-state index is 4.56. The zero-order valence-electron chi connectivity index (χ0n) is 15.5. The average Bonchev–Trinajstić information content (AvgIpc) is 3.39. The molecule has 0 unspecified atom stereocenters. The van der Waals surface area contributed by atoms with E-state index in [0.29, 0.717) is 12.5 Å². The van der Waals surface area contributed by atoms with Gasteiger partial charge < -0.3 is 4.57 Å². The Morgan fingerprint density at radius 2 is 2.04 bits per heavy atom. The predicted octanol–water partition coefficient (Wildman–Crippen LogP) is 3.29. The molecule has 0 N–H and O–H groups in total. The second-order valence-electron chi connectivity index (χ2n) is 7.00. The van der Waals surface area contributed by atoms with E-state index < -0.39 is 0 Å². The molecule has 0 amide bonds. The third-order valence-electron chi connectivity index (χ3n) is 5.32. The molecule has 0 radical (unpaired) electrons. The molecule has 1 aliphatic rings. The van der Waals surface area contributed by atoms with Gasteiger partial charge in [-0.05, 0) is 62.9 Å². The van der Waals surface area contributed by atoms with Crippen molar-refractivity contribution in [1.29, 1.82) is 0 Å². The fraction of sp³-hybridized carbons (Fsp3) is 0.526. The Balaban J connectivity index is 1.41. The molecule has 138 valence electrons. The lowest BCUT2D eigenvalue weighted by Gasteiger charge is -2.31. The first kappa shape index (κ1) is 17.4. The number of nitrogens with zero attached hydrogens (tertiary/aromatic N) is 6. The Morgan fingerprint density at radius 1 is 1.19 bits per heavy atom. The topological polar surface area (TPSA) is 51.8 Å². The quantitative estimate of drug-likeness (QED) is 0.668. The van der Waals surface area contributed by atoms with E-state index in [2.05, 4.69) is 50.1 Å². The van der Waals surface area contributed by atoms with Crippen LogP contribution in [0.15, 0.2) is 29.9 Å². The normalized spacial score (nSPS) is 16.4. The van der Waals surface area contributed by atoms with E-state index in [9.17, 15) is 0 Å². The number of likely N-dealkylation sites (tertiary alicyclic amines) is 1. The molecule has 3 aromatic rings. The van der Waals surface area contributed by atoms with Crippen molar-refractivity contribution < 1.29 is 0 Å². The van der Waals surface area contributed by atoms with E-state index >= 15 is 0 Å².